The van der Waals surface area contributed by atoms with Crippen molar-refractivity contribution in [3.8, 4) is 5.75 Å². The topological polar surface area (TPSA) is 74.4 Å². The number of amides is 2. The second-order valence-corrected chi connectivity index (χ2v) is 7.80. The van der Waals surface area contributed by atoms with Crippen molar-refractivity contribution < 1.29 is 14.3 Å². The zero-order chi connectivity index (χ0) is 20.2. The van der Waals surface area contributed by atoms with Crippen LogP contribution in [0.2, 0.25) is 0 Å². The molecule has 1 aromatic heterocycles. The van der Waals surface area contributed by atoms with E-state index in [2.05, 4.69) is 40.4 Å². The number of rotatable bonds is 7. The molecular formula is C22H21N3O3S. The van der Waals surface area contributed by atoms with Crippen LogP contribution in [0, 0.1) is 0 Å². The third kappa shape index (κ3) is 4.63. The molecule has 1 aliphatic heterocycles. The van der Waals surface area contributed by atoms with E-state index in [1.807, 2.05) is 36.4 Å². The number of anilines is 1. The second-order valence-electron chi connectivity index (χ2n) is 6.79. The maximum Gasteiger partial charge on any atom is 0.290 e. The summed E-state index contributed by atoms with van der Waals surface area (Å²) < 4.78 is 5.82. The quantitative estimate of drug-likeness (QED) is 0.449. The van der Waals surface area contributed by atoms with Crippen molar-refractivity contribution in [1.29, 1.82) is 0 Å². The van der Waals surface area contributed by atoms with Crippen LogP contribution in [0.15, 0.2) is 59.5 Å². The molecule has 0 saturated carbocycles. The molecule has 2 aromatic carbocycles. The van der Waals surface area contributed by atoms with E-state index in [1.54, 1.807) is 6.08 Å². The molecule has 1 fully saturated rings. The fraction of sp³-hybridized carbons (Fsp3) is 0.182. The molecule has 3 aromatic rings. The number of ether oxygens (including phenoxy) is 1. The SMILES string of the molecule is CN(CCCOc1ccc(C=C2SC(=O)NC2=O)cc1)c1cc2ccccc2[nH]1. The molecule has 29 heavy (non-hydrogen) atoms. The van der Waals surface area contributed by atoms with Gasteiger partial charge in [-0.25, -0.2) is 0 Å². The van der Waals surface area contributed by atoms with Gasteiger partial charge in [0.2, 0.25) is 0 Å². The molecule has 0 bridgehead atoms. The van der Waals surface area contributed by atoms with Crippen LogP contribution in [-0.2, 0) is 4.79 Å². The Morgan fingerprint density at radius 1 is 1.10 bits per heavy atom. The van der Waals surface area contributed by atoms with Crippen molar-refractivity contribution in [3.63, 3.8) is 0 Å². The summed E-state index contributed by atoms with van der Waals surface area (Å²) in [5, 5.41) is 3.12. The number of imide groups is 1. The van der Waals surface area contributed by atoms with Crippen molar-refractivity contribution in [1.82, 2.24) is 10.3 Å². The maximum absolute atomic E-state index is 11.6. The molecule has 1 aliphatic rings. The van der Waals surface area contributed by atoms with Gasteiger partial charge < -0.3 is 14.6 Å². The summed E-state index contributed by atoms with van der Waals surface area (Å²) in [5.41, 5.74) is 1.99. The summed E-state index contributed by atoms with van der Waals surface area (Å²) in [7, 11) is 2.06. The average molecular weight is 407 g/mol. The Bertz CT molecular complexity index is 1040. The van der Waals surface area contributed by atoms with Crippen LogP contribution in [0.5, 0.6) is 5.75 Å². The second kappa shape index (κ2) is 8.45. The van der Waals surface area contributed by atoms with Gasteiger partial charge in [-0.3, -0.25) is 14.9 Å². The zero-order valence-corrected chi connectivity index (χ0v) is 16.8. The van der Waals surface area contributed by atoms with Gasteiger partial charge in [-0.1, -0.05) is 30.3 Å². The van der Waals surface area contributed by atoms with E-state index >= 15 is 0 Å². The van der Waals surface area contributed by atoms with Crippen LogP contribution < -0.4 is 15.0 Å². The Kier molecular flexibility index (Phi) is 5.57. The summed E-state index contributed by atoms with van der Waals surface area (Å²) in [4.78, 5) is 28.8. The molecular weight excluding hydrogens is 386 g/mol. The highest BCUT2D eigenvalue weighted by Crippen LogP contribution is 2.26. The number of nitrogens with one attached hydrogen (secondary N) is 2. The Morgan fingerprint density at radius 2 is 1.90 bits per heavy atom. The number of fused-ring (bicyclic) bond motifs is 1. The number of thioether (sulfide) groups is 1. The third-order valence-electron chi connectivity index (χ3n) is 4.65. The van der Waals surface area contributed by atoms with Gasteiger partial charge in [0.25, 0.3) is 11.1 Å². The Labute approximate surface area is 172 Å². The lowest BCUT2D eigenvalue weighted by molar-refractivity contribution is -0.115. The van der Waals surface area contributed by atoms with Crippen molar-refractivity contribution in [3.05, 3.63) is 65.1 Å². The first kappa shape index (κ1) is 19.1. The first-order chi connectivity index (χ1) is 14.1. The summed E-state index contributed by atoms with van der Waals surface area (Å²) in [6.45, 7) is 1.48. The van der Waals surface area contributed by atoms with Gasteiger partial charge in [-0.05, 0) is 54.1 Å². The minimum atomic E-state index is -0.348. The van der Waals surface area contributed by atoms with Crippen LogP contribution in [0.25, 0.3) is 17.0 Å². The molecule has 7 heteroatoms. The lowest BCUT2D eigenvalue weighted by Crippen LogP contribution is -2.20. The van der Waals surface area contributed by atoms with E-state index in [0.717, 1.165) is 47.4 Å². The Hall–Kier alpha value is -3.19. The Morgan fingerprint density at radius 3 is 2.62 bits per heavy atom. The van der Waals surface area contributed by atoms with E-state index in [1.165, 1.54) is 5.39 Å². The van der Waals surface area contributed by atoms with Gasteiger partial charge >= 0.3 is 0 Å². The number of aromatic nitrogens is 1. The predicted molar refractivity (Wildman–Crippen MR) is 117 cm³/mol. The number of aromatic amines is 1. The third-order valence-corrected chi connectivity index (χ3v) is 5.46. The number of carbonyl (C=O) groups is 2. The molecule has 2 heterocycles. The number of benzene rings is 2. The zero-order valence-electron chi connectivity index (χ0n) is 16.0. The van der Waals surface area contributed by atoms with Crippen molar-refractivity contribution in [2.24, 2.45) is 0 Å². The number of nitrogens with zero attached hydrogens (tertiary/aromatic N) is 1. The minimum absolute atomic E-state index is 0.335. The van der Waals surface area contributed by atoms with E-state index in [4.69, 9.17) is 4.74 Å². The van der Waals surface area contributed by atoms with E-state index < -0.39 is 0 Å². The van der Waals surface area contributed by atoms with Crippen molar-refractivity contribution in [2.75, 3.05) is 25.1 Å². The maximum atomic E-state index is 11.6. The lowest BCUT2D eigenvalue weighted by Gasteiger charge is -2.17. The molecule has 6 nitrogen and oxygen atoms in total. The smallest absolute Gasteiger partial charge is 0.290 e. The highest BCUT2D eigenvalue weighted by Gasteiger charge is 2.24. The van der Waals surface area contributed by atoms with Gasteiger partial charge in [0.05, 0.1) is 11.5 Å². The van der Waals surface area contributed by atoms with Crippen LogP contribution in [0.4, 0.5) is 10.6 Å². The van der Waals surface area contributed by atoms with E-state index in [0.29, 0.717) is 11.5 Å². The summed E-state index contributed by atoms with van der Waals surface area (Å²) in [6, 6.07) is 17.9. The highest BCUT2D eigenvalue weighted by molar-refractivity contribution is 8.18. The van der Waals surface area contributed by atoms with E-state index in [9.17, 15) is 9.59 Å². The van der Waals surface area contributed by atoms with Crippen LogP contribution in [0.1, 0.15) is 12.0 Å². The molecule has 4 rings (SSSR count). The molecule has 148 valence electrons. The molecule has 2 N–H and O–H groups in total. The molecule has 2 amide bonds. The fourth-order valence-electron chi connectivity index (χ4n) is 3.11. The van der Waals surface area contributed by atoms with E-state index in [-0.39, 0.29) is 11.1 Å². The van der Waals surface area contributed by atoms with Gasteiger partial charge in [0.15, 0.2) is 0 Å². The Balaban J connectivity index is 1.26. The highest BCUT2D eigenvalue weighted by atomic mass is 32.2. The molecule has 1 saturated heterocycles. The average Bonchev–Trinajstić information content (AvgIpc) is 3.29. The number of hydrogen-bond donors (Lipinski definition) is 2. The first-order valence-corrected chi connectivity index (χ1v) is 10.2. The van der Waals surface area contributed by atoms with Crippen molar-refractivity contribution >= 4 is 45.7 Å². The molecule has 0 spiro atoms. The lowest BCUT2D eigenvalue weighted by atomic mass is 10.2. The summed E-state index contributed by atoms with van der Waals surface area (Å²) >= 11 is 0.915. The van der Waals surface area contributed by atoms with Crippen LogP contribution >= 0.6 is 11.8 Å². The number of para-hydroxylation sites is 1. The molecule has 0 atom stereocenters. The standard InChI is InChI=1S/C22H21N3O3S/c1-25(20-14-16-5-2-3-6-18(16)23-20)11-4-12-28-17-9-7-15(8-10-17)13-19-21(26)24-22(27)29-19/h2-3,5-10,13-14,23H,4,11-12H2,1H3,(H,24,26,27). The molecule has 0 unspecified atom stereocenters. The molecule has 0 radical (unpaired) electrons. The number of hydrogen-bond acceptors (Lipinski definition) is 5. The van der Waals surface area contributed by atoms with Crippen LogP contribution in [0.3, 0.4) is 0 Å². The minimum Gasteiger partial charge on any atom is -0.494 e. The predicted octanol–water partition coefficient (Wildman–Crippen LogP) is 4.40. The number of H-pyrrole nitrogens is 1. The monoisotopic (exact) mass is 407 g/mol. The van der Waals surface area contributed by atoms with Gasteiger partial charge in [-0.15, -0.1) is 0 Å². The van der Waals surface area contributed by atoms with Crippen molar-refractivity contribution in [2.45, 2.75) is 6.42 Å². The molecule has 0 aliphatic carbocycles. The van der Waals surface area contributed by atoms with Gasteiger partial charge in [0, 0.05) is 24.5 Å². The summed E-state index contributed by atoms with van der Waals surface area (Å²) in [5.74, 6) is 1.52. The first-order valence-electron chi connectivity index (χ1n) is 9.35. The van der Waals surface area contributed by atoms with Gasteiger partial charge in [0.1, 0.15) is 11.6 Å². The fourth-order valence-corrected chi connectivity index (χ4v) is 3.79. The normalized spacial score (nSPS) is 15.1. The van der Waals surface area contributed by atoms with Gasteiger partial charge in [-0.2, -0.15) is 0 Å². The summed E-state index contributed by atoms with van der Waals surface area (Å²) in [6.07, 6.45) is 2.58. The van der Waals surface area contributed by atoms with Crippen LogP contribution in [-0.4, -0.2) is 36.3 Å². The number of carbonyl (C=O) groups excluding carboxylic acids is 2. The largest absolute Gasteiger partial charge is 0.494 e.